The van der Waals surface area contributed by atoms with E-state index in [9.17, 15) is 14.4 Å². The van der Waals surface area contributed by atoms with Gasteiger partial charge in [-0.05, 0) is 35.4 Å². The number of para-hydroxylation sites is 1. The molecule has 0 radical (unpaired) electrons. The van der Waals surface area contributed by atoms with Crippen molar-refractivity contribution in [1.82, 2.24) is 14.0 Å². The molecule has 1 saturated heterocycles. The van der Waals surface area contributed by atoms with Crippen LogP contribution >= 0.6 is 0 Å². The quantitative estimate of drug-likeness (QED) is 0.360. The summed E-state index contributed by atoms with van der Waals surface area (Å²) < 4.78 is 7.45. The molecule has 2 heterocycles. The van der Waals surface area contributed by atoms with Crippen LogP contribution in [0, 0.1) is 0 Å². The number of nitrogen functional groups attached to an aromatic ring is 1. The predicted molar refractivity (Wildman–Crippen MR) is 156 cm³/mol. The van der Waals surface area contributed by atoms with E-state index in [2.05, 4.69) is 21.9 Å². The number of hydrogen-bond donors (Lipinski definition) is 1. The van der Waals surface area contributed by atoms with Crippen LogP contribution < -0.4 is 21.9 Å². The molecule has 1 atom stereocenters. The molecule has 3 aromatic carbocycles. The smallest absolute Gasteiger partial charge is 0.337 e. The maximum Gasteiger partial charge on any atom is 0.337 e. The first-order valence-corrected chi connectivity index (χ1v) is 13.2. The third kappa shape index (κ3) is 5.28. The van der Waals surface area contributed by atoms with Gasteiger partial charge < -0.3 is 15.4 Å². The number of nitrogens with zero attached hydrogens (tertiary/aromatic N) is 4. The number of carbonyl (C=O) groups is 1. The second-order valence-corrected chi connectivity index (χ2v) is 9.89. The second kappa shape index (κ2) is 11.6. The lowest BCUT2D eigenvalue weighted by atomic mass is 9.96. The average molecular weight is 540 g/mol. The van der Waals surface area contributed by atoms with Crippen LogP contribution in [-0.2, 0) is 18.3 Å². The predicted octanol–water partition coefficient (Wildman–Crippen LogP) is 2.88. The van der Waals surface area contributed by atoms with Crippen LogP contribution in [0.2, 0.25) is 0 Å². The van der Waals surface area contributed by atoms with Gasteiger partial charge >= 0.3 is 11.7 Å². The molecule has 206 valence electrons. The van der Waals surface area contributed by atoms with E-state index in [1.54, 1.807) is 12.1 Å². The Morgan fingerprint density at radius 2 is 1.48 bits per heavy atom. The topological polar surface area (TPSA) is 103 Å². The summed E-state index contributed by atoms with van der Waals surface area (Å²) in [6, 6.07) is 26.3. The molecule has 0 aliphatic carbocycles. The molecular weight excluding hydrogens is 506 g/mol. The van der Waals surface area contributed by atoms with Gasteiger partial charge in [0.2, 0.25) is 0 Å². The number of ether oxygens (including phenoxy) is 1. The average Bonchev–Trinajstić information content (AvgIpc) is 3.01. The number of hydrogen-bond acceptors (Lipinski definition) is 7. The number of benzene rings is 3. The largest absolute Gasteiger partial charge is 0.465 e. The summed E-state index contributed by atoms with van der Waals surface area (Å²) in [7, 11) is 2.82. The van der Waals surface area contributed by atoms with Crippen molar-refractivity contribution in [2.75, 3.05) is 43.9 Å². The Kier molecular flexibility index (Phi) is 7.84. The molecule has 1 aromatic heterocycles. The van der Waals surface area contributed by atoms with Crippen molar-refractivity contribution in [3.8, 4) is 0 Å². The Morgan fingerprint density at radius 3 is 2.08 bits per heavy atom. The Morgan fingerprint density at radius 1 is 0.875 bits per heavy atom. The standard InChI is InChI=1S/C31H33N5O4/c1-33-29(37)26(28(32)36(31(33)39)21-22-9-5-3-6-10-22)27(23-13-15-24(16-14-23)30(38)40-2)35-19-17-34(18-20-35)25-11-7-4-8-12-25/h3-16,27H,17-21,32H2,1-2H3. The van der Waals surface area contributed by atoms with E-state index in [1.165, 1.54) is 18.7 Å². The Balaban J connectivity index is 1.59. The minimum Gasteiger partial charge on any atom is -0.465 e. The molecule has 2 N–H and O–H groups in total. The summed E-state index contributed by atoms with van der Waals surface area (Å²) >= 11 is 0. The number of rotatable bonds is 7. The van der Waals surface area contributed by atoms with Gasteiger partial charge in [0.25, 0.3) is 5.56 Å². The van der Waals surface area contributed by atoms with Crippen molar-refractivity contribution in [2.24, 2.45) is 7.05 Å². The molecule has 1 fully saturated rings. The molecule has 4 aromatic rings. The molecule has 1 unspecified atom stereocenters. The summed E-state index contributed by atoms with van der Waals surface area (Å²) in [5.74, 6) is -0.295. The van der Waals surface area contributed by atoms with E-state index in [4.69, 9.17) is 10.5 Å². The third-order valence-electron chi connectivity index (χ3n) is 7.52. The second-order valence-electron chi connectivity index (χ2n) is 9.89. The zero-order valence-corrected chi connectivity index (χ0v) is 22.7. The zero-order chi connectivity index (χ0) is 28.2. The SMILES string of the molecule is COC(=O)c1ccc(C(c2c(N)n(Cc3ccccc3)c(=O)n(C)c2=O)N2CCN(c3ccccc3)CC2)cc1. The van der Waals surface area contributed by atoms with Crippen molar-refractivity contribution in [1.29, 1.82) is 0 Å². The maximum atomic E-state index is 13.7. The molecule has 9 heteroatoms. The highest BCUT2D eigenvalue weighted by Gasteiger charge is 2.32. The first-order chi connectivity index (χ1) is 19.4. The van der Waals surface area contributed by atoms with Crippen molar-refractivity contribution in [3.05, 3.63) is 128 Å². The van der Waals surface area contributed by atoms with E-state index in [0.717, 1.165) is 34.5 Å². The molecule has 5 rings (SSSR count). The molecular formula is C31H33N5O4. The minimum atomic E-state index is -0.522. The molecule has 0 saturated carbocycles. The van der Waals surface area contributed by atoms with Crippen LogP contribution in [0.5, 0.6) is 0 Å². The van der Waals surface area contributed by atoms with Crippen molar-refractivity contribution >= 4 is 17.5 Å². The Bertz CT molecular complexity index is 1590. The van der Waals surface area contributed by atoms with E-state index < -0.39 is 23.3 Å². The monoisotopic (exact) mass is 539 g/mol. The minimum absolute atomic E-state index is 0.143. The van der Waals surface area contributed by atoms with Gasteiger partial charge in [0.15, 0.2) is 0 Å². The number of piperazine rings is 1. The van der Waals surface area contributed by atoms with E-state index in [0.29, 0.717) is 24.2 Å². The van der Waals surface area contributed by atoms with Crippen LogP contribution in [-0.4, -0.2) is 53.3 Å². The first kappa shape index (κ1) is 27.0. The van der Waals surface area contributed by atoms with Gasteiger partial charge in [-0.3, -0.25) is 18.8 Å². The molecule has 9 nitrogen and oxygen atoms in total. The van der Waals surface area contributed by atoms with Crippen LogP contribution in [0.1, 0.15) is 33.1 Å². The van der Waals surface area contributed by atoms with Gasteiger partial charge in [0.1, 0.15) is 5.82 Å². The number of esters is 1. The van der Waals surface area contributed by atoms with E-state index in [1.807, 2.05) is 60.7 Å². The Labute approximate surface area is 232 Å². The number of nitrogens with two attached hydrogens (primary N) is 1. The lowest BCUT2D eigenvalue weighted by Gasteiger charge is -2.40. The molecule has 1 aliphatic heterocycles. The highest BCUT2D eigenvalue weighted by atomic mass is 16.5. The van der Waals surface area contributed by atoms with Crippen molar-refractivity contribution < 1.29 is 9.53 Å². The van der Waals surface area contributed by atoms with Crippen molar-refractivity contribution in [2.45, 2.75) is 12.6 Å². The van der Waals surface area contributed by atoms with Gasteiger partial charge in [0, 0.05) is 38.9 Å². The highest BCUT2D eigenvalue weighted by Crippen LogP contribution is 2.32. The van der Waals surface area contributed by atoms with Gasteiger partial charge in [0.05, 0.1) is 30.8 Å². The lowest BCUT2D eigenvalue weighted by molar-refractivity contribution is 0.0600. The maximum absolute atomic E-state index is 13.7. The molecule has 1 aliphatic rings. The summed E-state index contributed by atoms with van der Waals surface area (Å²) in [6.07, 6.45) is 0. The lowest BCUT2D eigenvalue weighted by Crippen LogP contribution is -2.50. The highest BCUT2D eigenvalue weighted by molar-refractivity contribution is 5.89. The number of anilines is 2. The third-order valence-corrected chi connectivity index (χ3v) is 7.52. The molecule has 40 heavy (non-hydrogen) atoms. The van der Waals surface area contributed by atoms with Gasteiger partial charge in [-0.15, -0.1) is 0 Å². The normalized spacial score (nSPS) is 14.6. The number of aromatic nitrogens is 2. The van der Waals surface area contributed by atoms with E-state index >= 15 is 0 Å². The summed E-state index contributed by atoms with van der Waals surface area (Å²) in [5.41, 5.74) is 9.40. The van der Waals surface area contributed by atoms with E-state index in [-0.39, 0.29) is 12.4 Å². The summed E-state index contributed by atoms with van der Waals surface area (Å²) in [6.45, 7) is 3.08. The first-order valence-electron chi connectivity index (χ1n) is 13.2. The van der Waals surface area contributed by atoms with Crippen LogP contribution in [0.3, 0.4) is 0 Å². The Hall–Kier alpha value is -4.63. The number of methoxy groups -OCH3 is 1. The fourth-order valence-electron chi connectivity index (χ4n) is 5.34. The fourth-order valence-corrected chi connectivity index (χ4v) is 5.34. The van der Waals surface area contributed by atoms with Gasteiger partial charge in [-0.1, -0.05) is 60.7 Å². The van der Waals surface area contributed by atoms with Gasteiger partial charge in [-0.25, -0.2) is 9.59 Å². The summed E-state index contributed by atoms with van der Waals surface area (Å²) in [4.78, 5) is 43.6. The molecule has 0 amide bonds. The molecule has 0 spiro atoms. The van der Waals surface area contributed by atoms with Crippen LogP contribution in [0.4, 0.5) is 11.5 Å². The van der Waals surface area contributed by atoms with Crippen molar-refractivity contribution in [3.63, 3.8) is 0 Å². The summed E-state index contributed by atoms with van der Waals surface area (Å²) in [5, 5.41) is 0. The molecule has 0 bridgehead atoms. The number of carbonyl (C=O) groups excluding carboxylic acids is 1. The fraction of sp³-hybridized carbons (Fsp3) is 0.258. The van der Waals surface area contributed by atoms with Gasteiger partial charge in [-0.2, -0.15) is 0 Å². The van der Waals surface area contributed by atoms with Crippen LogP contribution in [0.15, 0.2) is 94.5 Å². The van der Waals surface area contributed by atoms with Crippen LogP contribution in [0.25, 0.3) is 0 Å². The zero-order valence-electron chi connectivity index (χ0n) is 22.7.